The zero-order valence-corrected chi connectivity index (χ0v) is 15.4. The summed E-state index contributed by atoms with van der Waals surface area (Å²) in [6.07, 6.45) is 0.952. The van der Waals surface area contributed by atoms with Crippen LogP contribution in [0.4, 0.5) is 33.5 Å². The molecule has 6 N–H and O–H groups in total. The fraction of sp³-hybridized carbons (Fsp3) is 0.0625. The topological polar surface area (TPSA) is 158 Å². The summed E-state index contributed by atoms with van der Waals surface area (Å²) in [5.74, 6) is -0.0989. The highest BCUT2D eigenvalue weighted by Gasteiger charge is 2.12. The number of nitrogens with two attached hydrogens (primary N) is 2. The number of methoxy groups -OCH3 is 1. The van der Waals surface area contributed by atoms with Crippen molar-refractivity contribution in [1.82, 2.24) is 15.0 Å². The minimum atomic E-state index is -3.87. The number of hydrogen-bond acceptors (Lipinski definition) is 9. The Morgan fingerprint density at radius 1 is 1.14 bits per heavy atom. The summed E-state index contributed by atoms with van der Waals surface area (Å²) in [6, 6.07) is 8.84. The van der Waals surface area contributed by atoms with Crippen LogP contribution in [0.3, 0.4) is 0 Å². The van der Waals surface area contributed by atoms with E-state index in [1.807, 2.05) is 0 Å². The van der Waals surface area contributed by atoms with E-state index in [2.05, 4.69) is 25.6 Å². The largest absolute Gasteiger partial charge is 0.493 e. The molecule has 3 aromatic rings. The smallest absolute Gasteiger partial charge is 0.238 e. The molecule has 3 rings (SSSR count). The normalized spacial score (nSPS) is 11.1. The molecule has 0 amide bonds. The first-order valence-electron chi connectivity index (χ1n) is 7.76. The van der Waals surface area contributed by atoms with Gasteiger partial charge in [-0.2, -0.15) is 4.98 Å². The van der Waals surface area contributed by atoms with Gasteiger partial charge in [0, 0.05) is 5.69 Å². The van der Waals surface area contributed by atoms with Gasteiger partial charge in [-0.15, -0.1) is 0 Å². The number of pyridine rings is 1. The molecule has 0 saturated carbocycles. The van der Waals surface area contributed by atoms with E-state index in [9.17, 15) is 12.8 Å². The van der Waals surface area contributed by atoms with Gasteiger partial charge < -0.3 is 21.1 Å². The molecule has 0 fully saturated rings. The van der Waals surface area contributed by atoms with Gasteiger partial charge in [0.15, 0.2) is 23.2 Å². The van der Waals surface area contributed by atoms with Gasteiger partial charge in [-0.3, -0.25) is 0 Å². The molecule has 12 heteroatoms. The lowest BCUT2D eigenvalue weighted by Crippen LogP contribution is -2.12. The van der Waals surface area contributed by atoms with Crippen LogP contribution in [0, 0.1) is 5.82 Å². The standard InChI is InChI=1S/C16H16FN7O3S/c1-27-12-5-6-13(22-14(12)18)23-15-11(17)8-20-16(24-15)21-9-3-2-4-10(7-9)28(19,25)26/h2-8H,1H3,(H2,19,25,26)(H4,18,20,21,22,23,24). The van der Waals surface area contributed by atoms with E-state index >= 15 is 0 Å². The number of anilines is 5. The zero-order chi connectivity index (χ0) is 20.3. The van der Waals surface area contributed by atoms with Gasteiger partial charge in [0.1, 0.15) is 5.82 Å². The Balaban J connectivity index is 1.85. The molecule has 146 valence electrons. The molecule has 2 aromatic heterocycles. The average Bonchev–Trinajstić information content (AvgIpc) is 2.64. The van der Waals surface area contributed by atoms with Gasteiger partial charge in [-0.1, -0.05) is 6.07 Å². The molecule has 0 aliphatic heterocycles. The van der Waals surface area contributed by atoms with Crippen molar-refractivity contribution in [3.63, 3.8) is 0 Å². The molecule has 0 radical (unpaired) electrons. The number of sulfonamides is 1. The van der Waals surface area contributed by atoms with Crippen LogP contribution in [0.25, 0.3) is 0 Å². The van der Waals surface area contributed by atoms with E-state index in [0.29, 0.717) is 11.4 Å². The minimum absolute atomic E-state index is 0.0250. The second-order valence-corrected chi connectivity index (χ2v) is 7.06. The number of nitrogen functional groups attached to an aromatic ring is 1. The molecular weight excluding hydrogens is 389 g/mol. The van der Waals surface area contributed by atoms with Crippen LogP contribution >= 0.6 is 0 Å². The van der Waals surface area contributed by atoms with Crippen LogP contribution in [0.2, 0.25) is 0 Å². The monoisotopic (exact) mass is 405 g/mol. The van der Waals surface area contributed by atoms with Gasteiger partial charge in [-0.25, -0.2) is 27.9 Å². The summed E-state index contributed by atoms with van der Waals surface area (Å²) in [4.78, 5) is 11.8. The second kappa shape index (κ2) is 7.62. The van der Waals surface area contributed by atoms with Crippen LogP contribution in [0.15, 0.2) is 47.5 Å². The van der Waals surface area contributed by atoms with Gasteiger partial charge in [0.05, 0.1) is 18.2 Å². The zero-order valence-electron chi connectivity index (χ0n) is 14.5. The maximum absolute atomic E-state index is 14.1. The summed E-state index contributed by atoms with van der Waals surface area (Å²) in [6.45, 7) is 0. The van der Waals surface area contributed by atoms with Crippen molar-refractivity contribution >= 4 is 39.1 Å². The molecule has 10 nitrogen and oxygen atoms in total. The summed E-state index contributed by atoms with van der Waals surface area (Å²) in [7, 11) is -2.41. The first kappa shape index (κ1) is 19.3. The minimum Gasteiger partial charge on any atom is -0.493 e. The number of nitrogens with zero attached hydrogens (tertiary/aromatic N) is 3. The van der Waals surface area contributed by atoms with E-state index in [4.69, 9.17) is 15.6 Å². The molecule has 0 atom stereocenters. The highest BCUT2D eigenvalue weighted by molar-refractivity contribution is 7.89. The van der Waals surface area contributed by atoms with E-state index in [1.54, 1.807) is 18.2 Å². The highest BCUT2D eigenvalue weighted by Crippen LogP contribution is 2.24. The van der Waals surface area contributed by atoms with Crippen molar-refractivity contribution in [3.8, 4) is 5.75 Å². The third-order valence-corrected chi connectivity index (χ3v) is 4.43. The van der Waals surface area contributed by atoms with Crippen LogP contribution in [-0.2, 0) is 10.0 Å². The van der Waals surface area contributed by atoms with Gasteiger partial charge >= 0.3 is 0 Å². The quantitative estimate of drug-likeness (QED) is 0.479. The molecule has 1 aromatic carbocycles. The maximum Gasteiger partial charge on any atom is 0.238 e. The number of benzene rings is 1. The second-order valence-electron chi connectivity index (χ2n) is 5.50. The fourth-order valence-electron chi connectivity index (χ4n) is 2.22. The lowest BCUT2D eigenvalue weighted by Gasteiger charge is -2.11. The molecule has 0 spiro atoms. The summed E-state index contributed by atoms with van der Waals surface area (Å²) >= 11 is 0. The Kier molecular flexibility index (Phi) is 5.24. The fourth-order valence-corrected chi connectivity index (χ4v) is 2.78. The molecule has 0 unspecified atom stereocenters. The van der Waals surface area contributed by atoms with E-state index in [-0.39, 0.29) is 28.3 Å². The lowest BCUT2D eigenvalue weighted by molar-refractivity contribution is 0.415. The van der Waals surface area contributed by atoms with Crippen molar-refractivity contribution < 1.29 is 17.5 Å². The lowest BCUT2D eigenvalue weighted by atomic mass is 10.3. The first-order chi connectivity index (χ1) is 13.3. The first-order valence-corrected chi connectivity index (χ1v) is 9.31. The van der Waals surface area contributed by atoms with Crippen LogP contribution in [-0.4, -0.2) is 30.5 Å². The Hall–Kier alpha value is -3.51. The van der Waals surface area contributed by atoms with E-state index in [1.165, 1.54) is 25.3 Å². The number of primary sulfonamides is 1. The summed E-state index contributed by atoms with van der Waals surface area (Å²) in [5.41, 5.74) is 6.09. The molecule has 0 bridgehead atoms. The Morgan fingerprint density at radius 3 is 2.61 bits per heavy atom. The molecule has 0 aliphatic rings. The number of halogens is 1. The average molecular weight is 405 g/mol. The Morgan fingerprint density at radius 2 is 1.93 bits per heavy atom. The third-order valence-electron chi connectivity index (χ3n) is 3.52. The number of rotatable bonds is 6. The van der Waals surface area contributed by atoms with Gasteiger partial charge in [-0.05, 0) is 30.3 Å². The van der Waals surface area contributed by atoms with Crippen molar-refractivity contribution in [1.29, 1.82) is 0 Å². The molecular formula is C16H16FN7O3S. The summed E-state index contributed by atoms with van der Waals surface area (Å²) < 4.78 is 42.0. The van der Waals surface area contributed by atoms with E-state index < -0.39 is 15.8 Å². The Labute approximate surface area is 159 Å². The number of ether oxygens (including phenoxy) is 1. The summed E-state index contributed by atoms with van der Waals surface area (Å²) in [5, 5.41) is 10.6. The highest BCUT2D eigenvalue weighted by atomic mass is 32.2. The third kappa shape index (κ3) is 4.42. The SMILES string of the molecule is COc1ccc(Nc2nc(Nc3cccc(S(N)(=O)=O)c3)ncc2F)nc1N. The number of hydrogen-bond donors (Lipinski definition) is 4. The molecule has 0 saturated heterocycles. The van der Waals surface area contributed by atoms with Crippen LogP contribution in [0.5, 0.6) is 5.75 Å². The molecule has 2 heterocycles. The number of nitrogens with one attached hydrogen (secondary N) is 2. The van der Waals surface area contributed by atoms with E-state index in [0.717, 1.165) is 6.20 Å². The maximum atomic E-state index is 14.1. The van der Waals surface area contributed by atoms with Crippen LogP contribution in [0.1, 0.15) is 0 Å². The van der Waals surface area contributed by atoms with Gasteiger partial charge in [0.25, 0.3) is 0 Å². The Bertz CT molecular complexity index is 1120. The van der Waals surface area contributed by atoms with Gasteiger partial charge in [0.2, 0.25) is 16.0 Å². The van der Waals surface area contributed by atoms with Crippen molar-refractivity contribution in [2.24, 2.45) is 5.14 Å². The molecule has 0 aliphatic carbocycles. The van der Waals surface area contributed by atoms with Crippen molar-refractivity contribution in [3.05, 3.63) is 48.4 Å². The number of aromatic nitrogens is 3. The van der Waals surface area contributed by atoms with Crippen molar-refractivity contribution in [2.75, 3.05) is 23.5 Å². The van der Waals surface area contributed by atoms with Crippen LogP contribution < -0.4 is 26.2 Å². The predicted molar refractivity (Wildman–Crippen MR) is 102 cm³/mol. The van der Waals surface area contributed by atoms with Crippen molar-refractivity contribution in [2.45, 2.75) is 4.90 Å². The predicted octanol–water partition coefficient (Wildman–Crippen LogP) is 1.74. The molecule has 28 heavy (non-hydrogen) atoms.